The summed E-state index contributed by atoms with van der Waals surface area (Å²) in [5.74, 6) is 0.879. The molecule has 0 spiro atoms. The van der Waals surface area contributed by atoms with Gasteiger partial charge in [-0.2, -0.15) is 0 Å². The summed E-state index contributed by atoms with van der Waals surface area (Å²) in [5.41, 5.74) is 0.843. The van der Waals surface area contributed by atoms with Crippen molar-refractivity contribution in [3.05, 3.63) is 29.6 Å². The molecule has 0 atom stereocenters. The molecule has 0 aromatic heterocycles. The quantitative estimate of drug-likeness (QED) is 0.907. The van der Waals surface area contributed by atoms with E-state index < -0.39 is 0 Å². The van der Waals surface area contributed by atoms with Crippen molar-refractivity contribution in [3.8, 4) is 5.75 Å². The first-order chi connectivity index (χ1) is 8.31. The maximum atomic E-state index is 14.0. The van der Waals surface area contributed by atoms with Crippen LogP contribution in [0.1, 0.15) is 37.7 Å². The fraction of sp³-hybridized carbons (Fsp3) is 0.571. The highest BCUT2D eigenvalue weighted by Crippen LogP contribution is 2.29. The lowest BCUT2D eigenvalue weighted by molar-refractivity contribution is 0.315. The van der Waals surface area contributed by atoms with Gasteiger partial charge in [-0.05, 0) is 49.9 Å². The van der Waals surface area contributed by atoms with E-state index >= 15 is 0 Å². The molecular weight excluding hydrogens is 253 g/mol. The molecule has 2 rings (SSSR count). The van der Waals surface area contributed by atoms with Gasteiger partial charge in [0.2, 0.25) is 0 Å². The molecule has 1 aliphatic heterocycles. The summed E-state index contributed by atoms with van der Waals surface area (Å²) in [6.07, 6.45) is 2.98. The van der Waals surface area contributed by atoms with Crippen molar-refractivity contribution in [2.24, 2.45) is 0 Å². The van der Waals surface area contributed by atoms with Crippen molar-refractivity contribution in [1.29, 1.82) is 0 Å². The lowest BCUT2D eigenvalue weighted by Gasteiger charge is -2.23. The SMILES string of the molecule is CCCOc1ccc(C2CCNCC2)c(F)c1.Cl. The summed E-state index contributed by atoms with van der Waals surface area (Å²) in [6.45, 7) is 4.66. The third kappa shape index (κ3) is 3.85. The summed E-state index contributed by atoms with van der Waals surface area (Å²) < 4.78 is 19.4. The zero-order valence-electron chi connectivity index (χ0n) is 10.7. The minimum Gasteiger partial charge on any atom is -0.494 e. The van der Waals surface area contributed by atoms with Crippen LogP contribution < -0.4 is 10.1 Å². The van der Waals surface area contributed by atoms with Crippen LogP contribution in [0.4, 0.5) is 4.39 Å². The minimum atomic E-state index is -0.120. The molecular formula is C14H21ClFNO. The monoisotopic (exact) mass is 273 g/mol. The van der Waals surface area contributed by atoms with Crippen LogP contribution in [0.5, 0.6) is 5.75 Å². The minimum absolute atomic E-state index is 0. The fourth-order valence-electron chi connectivity index (χ4n) is 2.28. The van der Waals surface area contributed by atoms with Crippen LogP contribution in [0.3, 0.4) is 0 Å². The van der Waals surface area contributed by atoms with Gasteiger partial charge in [-0.25, -0.2) is 4.39 Å². The third-order valence-corrected chi connectivity index (χ3v) is 3.22. The molecule has 0 unspecified atom stereocenters. The van der Waals surface area contributed by atoms with Crippen molar-refractivity contribution < 1.29 is 9.13 Å². The molecule has 18 heavy (non-hydrogen) atoms. The Kier molecular flexibility index (Phi) is 6.44. The van der Waals surface area contributed by atoms with Gasteiger partial charge in [0, 0.05) is 6.07 Å². The highest BCUT2D eigenvalue weighted by Gasteiger charge is 2.18. The Morgan fingerprint density at radius 3 is 2.67 bits per heavy atom. The molecule has 0 aliphatic carbocycles. The number of nitrogens with one attached hydrogen (secondary N) is 1. The van der Waals surface area contributed by atoms with E-state index in [0.29, 0.717) is 18.3 Å². The number of benzene rings is 1. The van der Waals surface area contributed by atoms with Gasteiger partial charge >= 0.3 is 0 Å². The fourth-order valence-corrected chi connectivity index (χ4v) is 2.28. The molecule has 1 aromatic rings. The van der Waals surface area contributed by atoms with E-state index in [1.54, 1.807) is 0 Å². The lowest BCUT2D eigenvalue weighted by Crippen LogP contribution is -2.27. The molecule has 1 heterocycles. The largest absolute Gasteiger partial charge is 0.494 e. The zero-order valence-corrected chi connectivity index (χ0v) is 11.6. The first-order valence-corrected chi connectivity index (χ1v) is 6.44. The van der Waals surface area contributed by atoms with E-state index in [2.05, 4.69) is 5.32 Å². The Labute approximate surface area is 114 Å². The highest BCUT2D eigenvalue weighted by molar-refractivity contribution is 5.85. The van der Waals surface area contributed by atoms with Crippen molar-refractivity contribution in [1.82, 2.24) is 5.32 Å². The summed E-state index contributed by atoms with van der Waals surface area (Å²) in [4.78, 5) is 0. The first-order valence-electron chi connectivity index (χ1n) is 6.44. The number of halogens is 2. The summed E-state index contributed by atoms with van der Waals surface area (Å²) >= 11 is 0. The predicted molar refractivity (Wildman–Crippen MR) is 74.3 cm³/mol. The number of hydrogen-bond donors (Lipinski definition) is 1. The third-order valence-electron chi connectivity index (χ3n) is 3.22. The molecule has 2 nitrogen and oxygen atoms in total. The molecule has 0 bridgehead atoms. The van der Waals surface area contributed by atoms with E-state index in [9.17, 15) is 4.39 Å². The van der Waals surface area contributed by atoms with E-state index in [-0.39, 0.29) is 18.2 Å². The van der Waals surface area contributed by atoms with Crippen LogP contribution in [0.2, 0.25) is 0 Å². The van der Waals surface area contributed by atoms with E-state index in [1.807, 2.05) is 19.1 Å². The number of rotatable bonds is 4. The molecule has 1 saturated heterocycles. The molecule has 0 amide bonds. The van der Waals surface area contributed by atoms with Gasteiger partial charge in [0.1, 0.15) is 11.6 Å². The molecule has 1 aliphatic rings. The van der Waals surface area contributed by atoms with E-state index in [0.717, 1.165) is 37.9 Å². The van der Waals surface area contributed by atoms with Crippen molar-refractivity contribution in [2.45, 2.75) is 32.1 Å². The maximum absolute atomic E-state index is 14.0. The van der Waals surface area contributed by atoms with Crippen molar-refractivity contribution in [2.75, 3.05) is 19.7 Å². The highest BCUT2D eigenvalue weighted by atomic mass is 35.5. The Balaban J connectivity index is 0.00000162. The van der Waals surface area contributed by atoms with Gasteiger partial charge in [0.15, 0.2) is 0 Å². The molecule has 102 valence electrons. The van der Waals surface area contributed by atoms with Gasteiger partial charge < -0.3 is 10.1 Å². The summed E-state index contributed by atoms with van der Waals surface area (Å²) in [5, 5.41) is 3.30. The van der Waals surface area contributed by atoms with Gasteiger partial charge in [-0.3, -0.25) is 0 Å². The Hall–Kier alpha value is -0.800. The second-order valence-electron chi connectivity index (χ2n) is 4.56. The van der Waals surface area contributed by atoms with Crippen LogP contribution in [-0.4, -0.2) is 19.7 Å². The van der Waals surface area contributed by atoms with E-state index in [1.165, 1.54) is 6.07 Å². The Bertz CT molecular complexity index is 367. The van der Waals surface area contributed by atoms with Crippen LogP contribution in [0.15, 0.2) is 18.2 Å². The van der Waals surface area contributed by atoms with Crippen molar-refractivity contribution in [3.63, 3.8) is 0 Å². The molecule has 0 saturated carbocycles. The van der Waals surface area contributed by atoms with E-state index in [4.69, 9.17) is 4.74 Å². The molecule has 4 heteroatoms. The second kappa shape index (κ2) is 7.59. The summed E-state index contributed by atoms with van der Waals surface area (Å²) in [6, 6.07) is 5.29. The topological polar surface area (TPSA) is 21.3 Å². The maximum Gasteiger partial charge on any atom is 0.130 e. The number of piperidine rings is 1. The second-order valence-corrected chi connectivity index (χ2v) is 4.56. The normalized spacial score (nSPS) is 16.1. The standard InChI is InChI=1S/C14H20FNO.ClH/c1-2-9-17-12-3-4-13(14(15)10-12)11-5-7-16-8-6-11;/h3-4,10-11,16H,2,5-9H2,1H3;1H. The van der Waals surface area contributed by atoms with Crippen LogP contribution in [-0.2, 0) is 0 Å². The Morgan fingerprint density at radius 2 is 2.06 bits per heavy atom. The molecule has 0 radical (unpaired) electrons. The number of ether oxygens (including phenoxy) is 1. The number of hydrogen-bond acceptors (Lipinski definition) is 2. The van der Waals surface area contributed by atoms with Gasteiger partial charge in [-0.15, -0.1) is 12.4 Å². The molecule has 1 N–H and O–H groups in total. The van der Waals surface area contributed by atoms with Gasteiger partial charge in [-0.1, -0.05) is 13.0 Å². The van der Waals surface area contributed by atoms with Gasteiger partial charge in [0.25, 0.3) is 0 Å². The zero-order chi connectivity index (χ0) is 12.1. The average Bonchev–Trinajstić information content (AvgIpc) is 2.37. The predicted octanol–water partition coefficient (Wildman–Crippen LogP) is 3.50. The molecule has 1 aromatic carbocycles. The smallest absolute Gasteiger partial charge is 0.130 e. The lowest BCUT2D eigenvalue weighted by atomic mass is 9.90. The van der Waals surface area contributed by atoms with Crippen LogP contribution in [0.25, 0.3) is 0 Å². The van der Waals surface area contributed by atoms with Crippen LogP contribution >= 0.6 is 12.4 Å². The van der Waals surface area contributed by atoms with Crippen LogP contribution in [0, 0.1) is 5.82 Å². The average molecular weight is 274 g/mol. The van der Waals surface area contributed by atoms with Gasteiger partial charge in [0.05, 0.1) is 6.61 Å². The Morgan fingerprint density at radius 1 is 1.33 bits per heavy atom. The first kappa shape index (κ1) is 15.3. The summed E-state index contributed by atoms with van der Waals surface area (Å²) in [7, 11) is 0. The molecule has 1 fully saturated rings. The van der Waals surface area contributed by atoms with Crippen molar-refractivity contribution >= 4 is 12.4 Å².